The van der Waals surface area contributed by atoms with Crippen LogP contribution < -0.4 is 0 Å². The average Bonchev–Trinajstić information content (AvgIpc) is 2.43. The number of nitro groups is 1. The van der Waals surface area contributed by atoms with Gasteiger partial charge in [0, 0.05) is 17.8 Å². The second-order valence-corrected chi connectivity index (χ2v) is 3.42. The molecule has 0 radical (unpaired) electrons. The Labute approximate surface area is 106 Å². The van der Waals surface area contributed by atoms with Crippen LogP contribution >= 0.6 is 0 Å². The first-order valence-electron chi connectivity index (χ1n) is 4.90. The summed E-state index contributed by atoms with van der Waals surface area (Å²) in [4.78, 5) is 24.3. The van der Waals surface area contributed by atoms with Crippen LogP contribution in [-0.2, 0) is 9.53 Å². The van der Waals surface area contributed by atoms with E-state index in [4.69, 9.17) is 5.26 Å². The van der Waals surface area contributed by atoms with Crippen molar-refractivity contribution in [2.45, 2.75) is 12.2 Å². The number of nitrogens with zero attached hydrogens (tertiary/aromatic N) is 3. The fourth-order valence-electron chi connectivity index (χ4n) is 1.29. The van der Waals surface area contributed by atoms with E-state index in [1.165, 1.54) is 6.07 Å². The molecular weight excluding hydrogens is 258 g/mol. The zero-order valence-corrected chi connectivity index (χ0v) is 9.68. The summed E-state index contributed by atoms with van der Waals surface area (Å²) in [7, 11) is 1.01. The number of hydrogen-bond acceptors (Lipinski definition) is 8. The zero-order valence-electron chi connectivity index (χ0n) is 9.68. The molecule has 2 atom stereocenters. The van der Waals surface area contributed by atoms with Gasteiger partial charge in [-0.2, -0.15) is 5.26 Å². The quantitative estimate of drug-likeness (QED) is 0.418. The van der Waals surface area contributed by atoms with Crippen LogP contribution in [0.2, 0.25) is 0 Å². The minimum atomic E-state index is -1.90. The zero-order chi connectivity index (χ0) is 14.6. The van der Waals surface area contributed by atoms with Crippen LogP contribution in [0.1, 0.15) is 17.4 Å². The molecule has 9 heteroatoms. The summed E-state index contributed by atoms with van der Waals surface area (Å²) in [5.41, 5.74) is -1.24. The van der Waals surface area contributed by atoms with Crippen LogP contribution in [0, 0.1) is 21.4 Å². The van der Waals surface area contributed by atoms with Crippen LogP contribution in [0.25, 0.3) is 0 Å². The number of rotatable bonds is 4. The maximum absolute atomic E-state index is 11.0. The summed E-state index contributed by atoms with van der Waals surface area (Å²) in [5.74, 6) is -1.10. The van der Waals surface area contributed by atoms with Crippen LogP contribution in [0.5, 0.6) is 0 Å². The molecule has 0 amide bonds. The predicted octanol–water partition coefficient (Wildman–Crippen LogP) is -0.571. The Kier molecular flexibility index (Phi) is 4.46. The third kappa shape index (κ3) is 3.01. The number of carbonyl (C=O) groups excluding carboxylic acids is 1. The first-order valence-corrected chi connectivity index (χ1v) is 4.90. The number of esters is 1. The number of aromatic nitrogens is 1. The standard InChI is InChI=1S/C10H9N3O6/c1-19-10(16)9(15)8(14)5-2-7(13(17)18)6(3-11)12-4-5/h2,4,8-9,14-15H,1H3. The fraction of sp³-hybridized carbons (Fsp3) is 0.300. The number of methoxy groups -OCH3 is 1. The monoisotopic (exact) mass is 267 g/mol. The number of hydrogen-bond donors (Lipinski definition) is 2. The average molecular weight is 267 g/mol. The Hall–Kier alpha value is -2.57. The van der Waals surface area contributed by atoms with Gasteiger partial charge in [-0.25, -0.2) is 9.78 Å². The highest BCUT2D eigenvalue weighted by Crippen LogP contribution is 2.23. The highest BCUT2D eigenvalue weighted by Gasteiger charge is 2.29. The largest absolute Gasteiger partial charge is 0.467 e. The van der Waals surface area contributed by atoms with Gasteiger partial charge in [-0.3, -0.25) is 10.1 Å². The molecule has 9 nitrogen and oxygen atoms in total. The van der Waals surface area contributed by atoms with E-state index in [9.17, 15) is 25.1 Å². The highest BCUT2D eigenvalue weighted by molar-refractivity contribution is 5.75. The Morgan fingerprint density at radius 1 is 1.63 bits per heavy atom. The lowest BCUT2D eigenvalue weighted by atomic mass is 10.1. The minimum absolute atomic E-state index is 0.177. The lowest BCUT2D eigenvalue weighted by Crippen LogP contribution is -2.29. The molecule has 0 fully saturated rings. The van der Waals surface area contributed by atoms with Gasteiger partial charge in [0.15, 0.2) is 6.10 Å². The molecule has 1 aromatic heterocycles. The first kappa shape index (κ1) is 14.5. The van der Waals surface area contributed by atoms with E-state index in [2.05, 4.69) is 9.72 Å². The molecule has 0 aliphatic carbocycles. The lowest BCUT2D eigenvalue weighted by Gasteiger charge is -2.15. The normalized spacial score (nSPS) is 13.2. The SMILES string of the molecule is COC(=O)C(O)C(O)c1cnc(C#N)c([N+](=O)[O-])c1. The van der Waals surface area contributed by atoms with Crippen molar-refractivity contribution in [2.24, 2.45) is 0 Å². The molecule has 0 aromatic carbocycles. The molecule has 1 aromatic rings. The van der Waals surface area contributed by atoms with Gasteiger partial charge in [0.25, 0.3) is 0 Å². The number of aliphatic hydroxyl groups excluding tert-OH is 2. The van der Waals surface area contributed by atoms with Crippen molar-refractivity contribution in [3.8, 4) is 6.07 Å². The van der Waals surface area contributed by atoms with E-state index in [1.54, 1.807) is 0 Å². The maximum atomic E-state index is 11.0. The molecule has 1 rings (SSSR count). The van der Waals surface area contributed by atoms with Gasteiger partial charge in [-0.1, -0.05) is 0 Å². The van der Waals surface area contributed by atoms with Crippen LogP contribution in [0.15, 0.2) is 12.3 Å². The topological polar surface area (TPSA) is 147 Å². The maximum Gasteiger partial charge on any atom is 0.337 e. The van der Waals surface area contributed by atoms with Crippen molar-refractivity contribution in [3.05, 3.63) is 33.6 Å². The Morgan fingerprint density at radius 2 is 2.26 bits per heavy atom. The summed E-state index contributed by atoms with van der Waals surface area (Å²) in [5, 5.41) is 38.4. The number of carbonyl (C=O) groups is 1. The van der Waals surface area contributed by atoms with E-state index >= 15 is 0 Å². The molecule has 1 heterocycles. The van der Waals surface area contributed by atoms with Gasteiger partial charge in [0.1, 0.15) is 12.2 Å². The van der Waals surface area contributed by atoms with Crippen molar-refractivity contribution in [3.63, 3.8) is 0 Å². The van der Waals surface area contributed by atoms with E-state index < -0.39 is 34.5 Å². The highest BCUT2D eigenvalue weighted by atomic mass is 16.6. The first-order chi connectivity index (χ1) is 8.92. The van der Waals surface area contributed by atoms with Crippen LogP contribution in [-0.4, -0.2) is 39.3 Å². The molecule has 100 valence electrons. The van der Waals surface area contributed by atoms with E-state index in [-0.39, 0.29) is 5.56 Å². The Morgan fingerprint density at radius 3 is 2.74 bits per heavy atom. The van der Waals surface area contributed by atoms with Crippen molar-refractivity contribution in [1.82, 2.24) is 4.98 Å². The number of ether oxygens (including phenoxy) is 1. The van der Waals surface area contributed by atoms with Crippen molar-refractivity contribution in [1.29, 1.82) is 5.26 Å². The van der Waals surface area contributed by atoms with Gasteiger partial charge < -0.3 is 14.9 Å². The summed E-state index contributed by atoms with van der Waals surface area (Å²) in [6.07, 6.45) is -2.69. The fourth-order valence-corrected chi connectivity index (χ4v) is 1.29. The van der Waals surface area contributed by atoms with Gasteiger partial charge in [-0.05, 0) is 0 Å². The molecule has 19 heavy (non-hydrogen) atoms. The van der Waals surface area contributed by atoms with Gasteiger partial charge in [0.05, 0.1) is 12.0 Å². The molecule has 0 saturated heterocycles. The molecule has 0 saturated carbocycles. The summed E-state index contributed by atoms with van der Waals surface area (Å²) < 4.78 is 4.22. The molecular formula is C10H9N3O6. The molecule has 0 aliphatic heterocycles. The Bertz CT molecular complexity index is 553. The lowest BCUT2D eigenvalue weighted by molar-refractivity contribution is -0.385. The Balaban J connectivity index is 3.16. The van der Waals surface area contributed by atoms with Crippen LogP contribution in [0.4, 0.5) is 5.69 Å². The third-order valence-corrected chi connectivity index (χ3v) is 2.27. The molecule has 0 spiro atoms. The number of pyridine rings is 1. The van der Waals surface area contributed by atoms with Crippen LogP contribution in [0.3, 0.4) is 0 Å². The minimum Gasteiger partial charge on any atom is -0.467 e. The molecule has 0 aliphatic rings. The third-order valence-electron chi connectivity index (χ3n) is 2.27. The summed E-state index contributed by atoms with van der Waals surface area (Å²) in [6.45, 7) is 0. The summed E-state index contributed by atoms with van der Waals surface area (Å²) in [6, 6.07) is 2.38. The van der Waals surface area contributed by atoms with E-state index in [0.717, 1.165) is 19.4 Å². The molecule has 2 N–H and O–H groups in total. The van der Waals surface area contributed by atoms with Crippen molar-refractivity contribution in [2.75, 3.05) is 7.11 Å². The molecule has 2 unspecified atom stereocenters. The predicted molar refractivity (Wildman–Crippen MR) is 58.6 cm³/mol. The molecule has 0 bridgehead atoms. The van der Waals surface area contributed by atoms with Gasteiger partial charge in [-0.15, -0.1) is 0 Å². The van der Waals surface area contributed by atoms with E-state index in [0.29, 0.717) is 0 Å². The second kappa shape index (κ2) is 5.85. The van der Waals surface area contributed by atoms with Gasteiger partial charge >= 0.3 is 11.7 Å². The summed E-state index contributed by atoms with van der Waals surface area (Å²) >= 11 is 0. The van der Waals surface area contributed by atoms with Crippen molar-refractivity contribution < 1.29 is 24.7 Å². The number of nitriles is 1. The van der Waals surface area contributed by atoms with Gasteiger partial charge in [0.2, 0.25) is 5.69 Å². The van der Waals surface area contributed by atoms with Crippen molar-refractivity contribution >= 4 is 11.7 Å². The number of aliphatic hydroxyl groups is 2. The smallest absolute Gasteiger partial charge is 0.337 e. The second-order valence-electron chi connectivity index (χ2n) is 3.42. The van der Waals surface area contributed by atoms with E-state index in [1.807, 2.05) is 0 Å².